The lowest BCUT2D eigenvalue weighted by Crippen LogP contribution is -2.09. The molecule has 0 unspecified atom stereocenters. The fraction of sp³-hybridized carbons (Fsp3) is 0.0833. The Morgan fingerprint density at radius 1 is 1.03 bits per heavy atom. The van der Waals surface area contributed by atoms with Gasteiger partial charge >= 0.3 is 5.97 Å². The molecule has 30 heavy (non-hydrogen) atoms. The summed E-state index contributed by atoms with van der Waals surface area (Å²) in [6.45, 7) is 1.69. The molecule has 0 spiro atoms. The Bertz CT molecular complexity index is 1180. The second kappa shape index (κ2) is 7.83. The molecule has 0 aliphatic carbocycles. The van der Waals surface area contributed by atoms with Crippen LogP contribution in [0.15, 0.2) is 66.4 Å². The van der Waals surface area contributed by atoms with Gasteiger partial charge in [0.1, 0.15) is 23.1 Å². The van der Waals surface area contributed by atoms with E-state index >= 15 is 0 Å². The number of carbonyl (C=O) groups excluding carboxylic acids is 2. The summed E-state index contributed by atoms with van der Waals surface area (Å²) in [5, 5.41) is 0. The maximum atomic E-state index is 13.9. The van der Waals surface area contributed by atoms with E-state index in [4.69, 9.17) is 14.2 Å². The first kappa shape index (κ1) is 19.4. The number of Topliss-reactive ketones (excluding diaryl/α,β-unsaturated/α-hetero) is 1. The van der Waals surface area contributed by atoms with E-state index in [1.54, 1.807) is 55.5 Å². The number of ketones is 1. The predicted octanol–water partition coefficient (Wildman–Crippen LogP) is 4.98. The zero-order valence-corrected chi connectivity index (χ0v) is 16.3. The minimum absolute atomic E-state index is 0.0110. The molecule has 5 nitrogen and oxygen atoms in total. The molecule has 0 aromatic heterocycles. The average molecular weight is 404 g/mol. The van der Waals surface area contributed by atoms with Crippen molar-refractivity contribution in [2.24, 2.45) is 0 Å². The van der Waals surface area contributed by atoms with E-state index in [0.717, 1.165) is 0 Å². The summed E-state index contributed by atoms with van der Waals surface area (Å²) in [6, 6.07) is 15.7. The minimum Gasteiger partial charge on any atom is -0.497 e. The molecule has 0 atom stereocenters. The second-order valence-electron chi connectivity index (χ2n) is 6.64. The number of esters is 1. The van der Waals surface area contributed by atoms with Crippen molar-refractivity contribution in [3.05, 3.63) is 94.5 Å². The van der Waals surface area contributed by atoms with Crippen LogP contribution < -0.4 is 14.2 Å². The monoisotopic (exact) mass is 404 g/mol. The van der Waals surface area contributed by atoms with E-state index < -0.39 is 11.8 Å². The first-order valence-corrected chi connectivity index (χ1v) is 9.16. The summed E-state index contributed by atoms with van der Waals surface area (Å²) in [5.41, 5.74) is 1.43. The average Bonchev–Trinajstić information content (AvgIpc) is 3.08. The summed E-state index contributed by atoms with van der Waals surface area (Å²) in [4.78, 5) is 25.1. The van der Waals surface area contributed by atoms with Crippen LogP contribution in [0.25, 0.3) is 6.08 Å². The number of hydrogen-bond acceptors (Lipinski definition) is 5. The molecule has 0 amide bonds. The lowest BCUT2D eigenvalue weighted by Gasteiger charge is -2.10. The van der Waals surface area contributed by atoms with Gasteiger partial charge in [-0.15, -0.1) is 0 Å². The molecule has 0 saturated heterocycles. The third-order valence-corrected chi connectivity index (χ3v) is 4.76. The fourth-order valence-electron chi connectivity index (χ4n) is 3.10. The number of fused-ring (bicyclic) bond motifs is 1. The van der Waals surface area contributed by atoms with Crippen molar-refractivity contribution < 1.29 is 28.2 Å². The highest BCUT2D eigenvalue weighted by Gasteiger charge is 2.30. The number of rotatable bonds is 4. The van der Waals surface area contributed by atoms with Crippen LogP contribution >= 0.6 is 0 Å². The Morgan fingerprint density at radius 3 is 2.47 bits per heavy atom. The van der Waals surface area contributed by atoms with Crippen LogP contribution in [0.3, 0.4) is 0 Å². The van der Waals surface area contributed by atoms with Gasteiger partial charge in [-0.2, -0.15) is 0 Å². The number of halogens is 1. The molecule has 0 bridgehead atoms. The zero-order chi connectivity index (χ0) is 21.3. The maximum Gasteiger partial charge on any atom is 0.343 e. The lowest BCUT2D eigenvalue weighted by atomic mass is 10.1. The fourth-order valence-corrected chi connectivity index (χ4v) is 3.10. The summed E-state index contributed by atoms with van der Waals surface area (Å²) >= 11 is 0. The lowest BCUT2D eigenvalue weighted by molar-refractivity contribution is 0.0733. The van der Waals surface area contributed by atoms with Crippen LogP contribution in [0, 0.1) is 12.7 Å². The van der Waals surface area contributed by atoms with Crippen molar-refractivity contribution in [1.29, 1.82) is 0 Å². The Labute approximate surface area is 172 Å². The summed E-state index contributed by atoms with van der Waals surface area (Å²) < 4.78 is 30.2. The van der Waals surface area contributed by atoms with Crippen molar-refractivity contribution in [3.63, 3.8) is 0 Å². The molecule has 6 heteroatoms. The Hall–Kier alpha value is -3.93. The van der Waals surface area contributed by atoms with Gasteiger partial charge in [0.2, 0.25) is 5.78 Å². The smallest absolute Gasteiger partial charge is 0.343 e. The summed E-state index contributed by atoms with van der Waals surface area (Å²) in [7, 11) is 1.54. The molecule has 3 aromatic rings. The van der Waals surface area contributed by atoms with Crippen molar-refractivity contribution in [1.82, 2.24) is 0 Å². The molecular weight excluding hydrogens is 387 g/mol. The number of hydrogen-bond donors (Lipinski definition) is 0. The first-order chi connectivity index (χ1) is 14.5. The number of carbonyl (C=O) groups is 2. The van der Waals surface area contributed by atoms with Crippen LogP contribution in [-0.2, 0) is 0 Å². The van der Waals surface area contributed by atoms with Crippen molar-refractivity contribution in [3.8, 4) is 17.2 Å². The van der Waals surface area contributed by atoms with Gasteiger partial charge in [0.25, 0.3) is 0 Å². The Kier molecular flexibility index (Phi) is 5.06. The quantitative estimate of drug-likeness (QED) is 0.349. The number of benzene rings is 3. The van der Waals surface area contributed by atoms with Crippen molar-refractivity contribution >= 4 is 17.8 Å². The second-order valence-corrected chi connectivity index (χ2v) is 6.64. The standard InChI is InChI=1S/C24H17FO5/c1-14-20(30-24(27)15-7-9-17(28-2)10-8-15)12-11-18-22(26)21(29-23(14)18)13-16-5-3-4-6-19(16)25/h3-13H,1-2H3/b21-13-. The molecule has 0 N–H and O–H groups in total. The normalized spacial score (nSPS) is 13.7. The van der Waals surface area contributed by atoms with Gasteiger partial charge in [0.15, 0.2) is 5.76 Å². The third-order valence-electron chi connectivity index (χ3n) is 4.76. The van der Waals surface area contributed by atoms with Gasteiger partial charge in [0.05, 0.1) is 18.2 Å². The van der Waals surface area contributed by atoms with Crippen LogP contribution in [0.2, 0.25) is 0 Å². The molecule has 1 heterocycles. The number of allylic oxidation sites excluding steroid dienone is 1. The molecular formula is C24H17FO5. The van der Waals surface area contributed by atoms with Crippen LogP contribution in [0.4, 0.5) is 4.39 Å². The Morgan fingerprint density at radius 2 is 1.77 bits per heavy atom. The Balaban J connectivity index is 1.60. The van der Waals surface area contributed by atoms with E-state index in [-0.39, 0.29) is 22.9 Å². The zero-order valence-electron chi connectivity index (χ0n) is 16.3. The number of methoxy groups -OCH3 is 1. The van der Waals surface area contributed by atoms with Gasteiger partial charge in [-0.3, -0.25) is 4.79 Å². The van der Waals surface area contributed by atoms with E-state index in [0.29, 0.717) is 28.2 Å². The maximum absolute atomic E-state index is 13.9. The topological polar surface area (TPSA) is 61.8 Å². The van der Waals surface area contributed by atoms with Crippen molar-refractivity contribution in [2.75, 3.05) is 7.11 Å². The highest BCUT2D eigenvalue weighted by molar-refractivity contribution is 6.15. The molecule has 4 rings (SSSR count). The SMILES string of the molecule is COc1ccc(C(=O)Oc2ccc3c(c2C)O/C(=C\c2ccccc2F)C3=O)cc1. The highest BCUT2D eigenvalue weighted by atomic mass is 19.1. The summed E-state index contributed by atoms with van der Waals surface area (Å²) in [6.07, 6.45) is 1.36. The van der Waals surface area contributed by atoms with E-state index in [9.17, 15) is 14.0 Å². The van der Waals surface area contributed by atoms with Crippen molar-refractivity contribution in [2.45, 2.75) is 6.92 Å². The molecule has 150 valence electrons. The van der Waals surface area contributed by atoms with Crippen LogP contribution in [0.1, 0.15) is 31.8 Å². The molecule has 1 aliphatic rings. The first-order valence-electron chi connectivity index (χ1n) is 9.16. The van der Waals surface area contributed by atoms with Gasteiger partial charge in [-0.05, 0) is 55.5 Å². The largest absolute Gasteiger partial charge is 0.497 e. The van der Waals surface area contributed by atoms with Gasteiger partial charge in [-0.1, -0.05) is 18.2 Å². The van der Waals surface area contributed by atoms with Gasteiger partial charge in [0, 0.05) is 11.1 Å². The molecule has 0 fully saturated rings. The molecule has 1 aliphatic heterocycles. The molecule has 0 saturated carbocycles. The summed E-state index contributed by atoms with van der Waals surface area (Å²) in [5.74, 6) is -0.157. The number of ether oxygens (including phenoxy) is 3. The molecule has 0 radical (unpaired) electrons. The predicted molar refractivity (Wildman–Crippen MR) is 108 cm³/mol. The van der Waals surface area contributed by atoms with Gasteiger partial charge < -0.3 is 14.2 Å². The minimum atomic E-state index is -0.549. The van der Waals surface area contributed by atoms with E-state index in [1.807, 2.05) is 0 Å². The van der Waals surface area contributed by atoms with E-state index in [2.05, 4.69) is 0 Å². The highest BCUT2D eigenvalue weighted by Crippen LogP contribution is 2.39. The van der Waals surface area contributed by atoms with E-state index in [1.165, 1.54) is 25.3 Å². The van der Waals surface area contributed by atoms with Gasteiger partial charge in [-0.25, -0.2) is 9.18 Å². The molecule has 3 aromatic carbocycles. The van der Waals surface area contributed by atoms with Crippen LogP contribution in [0.5, 0.6) is 17.2 Å². The third kappa shape index (κ3) is 3.55. The van der Waals surface area contributed by atoms with Crippen LogP contribution in [-0.4, -0.2) is 18.9 Å².